The quantitative estimate of drug-likeness (QED) is 0.592. The van der Waals surface area contributed by atoms with Crippen molar-refractivity contribution in [2.75, 3.05) is 7.05 Å². The number of hydrogen-bond donors (Lipinski definition) is 0. The van der Waals surface area contributed by atoms with E-state index in [9.17, 15) is 4.79 Å². The molecule has 0 aromatic rings. The SMILES string of the molecule is CC(=O)N(C)B1OC(C)(C)C(C)(C)O1. The molecule has 0 aromatic heterocycles. The van der Waals surface area contributed by atoms with Crippen molar-refractivity contribution < 1.29 is 14.1 Å². The largest absolute Gasteiger partial charge is 0.596 e. The first-order valence-electron chi connectivity index (χ1n) is 4.76. The minimum atomic E-state index is -0.572. The molecule has 0 radical (unpaired) electrons. The van der Waals surface area contributed by atoms with Gasteiger partial charge in [-0.15, -0.1) is 0 Å². The number of amides is 1. The van der Waals surface area contributed by atoms with E-state index in [0.717, 1.165) is 0 Å². The highest BCUT2D eigenvalue weighted by atomic mass is 16.7. The van der Waals surface area contributed by atoms with E-state index >= 15 is 0 Å². The van der Waals surface area contributed by atoms with E-state index in [2.05, 4.69) is 0 Å². The number of carbonyl (C=O) groups is 1. The van der Waals surface area contributed by atoms with Gasteiger partial charge in [0.05, 0.1) is 11.2 Å². The molecular formula is C9H18BNO3. The molecule has 0 unspecified atom stereocenters. The molecular weight excluding hydrogens is 181 g/mol. The third-order valence-electron chi connectivity index (χ3n) is 3.05. The van der Waals surface area contributed by atoms with Gasteiger partial charge in [-0.1, -0.05) is 0 Å². The Balaban J connectivity index is 2.78. The lowest BCUT2D eigenvalue weighted by Gasteiger charge is -2.32. The van der Waals surface area contributed by atoms with Crippen molar-refractivity contribution in [3.05, 3.63) is 0 Å². The Hall–Kier alpha value is -0.545. The fraction of sp³-hybridized carbons (Fsp3) is 0.889. The zero-order valence-electron chi connectivity index (χ0n) is 9.75. The van der Waals surface area contributed by atoms with Crippen LogP contribution in [0.15, 0.2) is 0 Å². The molecule has 0 saturated carbocycles. The lowest BCUT2D eigenvalue weighted by molar-refractivity contribution is -0.124. The summed E-state index contributed by atoms with van der Waals surface area (Å²) >= 11 is 0. The van der Waals surface area contributed by atoms with Gasteiger partial charge in [0.2, 0.25) is 5.91 Å². The maximum absolute atomic E-state index is 11.1. The average Bonchev–Trinajstić information content (AvgIpc) is 2.20. The van der Waals surface area contributed by atoms with Crippen molar-refractivity contribution in [3.63, 3.8) is 0 Å². The Labute approximate surface area is 85.7 Å². The lowest BCUT2D eigenvalue weighted by atomic mass is 9.90. The summed E-state index contributed by atoms with van der Waals surface area (Å²) in [6.07, 6.45) is 0. The van der Waals surface area contributed by atoms with Gasteiger partial charge in [-0.05, 0) is 27.7 Å². The van der Waals surface area contributed by atoms with Crippen LogP contribution >= 0.6 is 0 Å². The summed E-state index contributed by atoms with van der Waals surface area (Å²) in [5.41, 5.74) is -0.775. The maximum atomic E-state index is 11.1. The van der Waals surface area contributed by atoms with E-state index in [1.54, 1.807) is 7.05 Å². The number of nitrogens with zero attached hydrogens (tertiary/aromatic N) is 1. The predicted molar refractivity (Wildman–Crippen MR) is 54.5 cm³/mol. The Bertz CT molecular complexity index is 236. The summed E-state index contributed by atoms with van der Waals surface area (Å²) in [6.45, 7) is 9.33. The van der Waals surface area contributed by atoms with Gasteiger partial charge in [0.15, 0.2) is 0 Å². The first-order valence-corrected chi connectivity index (χ1v) is 4.76. The van der Waals surface area contributed by atoms with E-state index in [1.165, 1.54) is 11.7 Å². The fourth-order valence-electron chi connectivity index (χ4n) is 1.12. The molecule has 0 atom stereocenters. The Morgan fingerprint density at radius 3 is 1.79 bits per heavy atom. The molecule has 1 amide bonds. The molecule has 1 heterocycles. The van der Waals surface area contributed by atoms with Gasteiger partial charge in [0.1, 0.15) is 0 Å². The number of rotatable bonds is 1. The van der Waals surface area contributed by atoms with Gasteiger partial charge in [0, 0.05) is 14.0 Å². The summed E-state index contributed by atoms with van der Waals surface area (Å²) in [5.74, 6) is -0.0662. The normalized spacial score (nSPS) is 23.7. The van der Waals surface area contributed by atoms with Gasteiger partial charge in [-0.2, -0.15) is 0 Å². The molecule has 0 aliphatic carbocycles. The molecule has 14 heavy (non-hydrogen) atoms. The third-order valence-corrected chi connectivity index (χ3v) is 3.05. The molecule has 1 aliphatic rings. The van der Waals surface area contributed by atoms with Gasteiger partial charge in [-0.25, -0.2) is 0 Å². The molecule has 5 heteroatoms. The smallest absolute Gasteiger partial charge is 0.384 e. The minimum absolute atomic E-state index is 0.0662. The summed E-state index contributed by atoms with van der Waals surface area (Å²) in [7, 11) is 1.10. The van der Waals surface area contributed by atoms with Crippen LogP contribution < -0.4 is 0 Å². The monoisotopic (exact) mass is 199 g/mol. The second kappa shape index (κ2) is 3.24. The van der Waals surface area contributed by atoms with E-state index in [1.807, 2.05) is 27.7 Å². The van der Waals surface area contributed by atoms with Crippen LogP contribution in [0, 0.1) is 0 Å². The zero-order chi connectivity index (χ0) is 11.1. The second-order valence-electron chi connectivity index (χ2n) is 4.69. The molecule has 0 N–H and O–H groups in total. The Morgan fingerprint density at radius 2 is 1.50 bits per heavy atom. The van der Waals surface area contributed by atoms with Crippen molar-refractivity contribution >= 4 is 13.2 Å². The molecule has 0 spiro atoms. The van der Waals surface area contributed by atoms with E-state index < -0.39 is 7.25 Å². The summed E-state index contributed by atoms with van der Waals surface area (Å²) in [5, 5.41) is 0. The molecule has 1 aliphatic heterocycles. The van der Waals surface area contributed by atoms with Crippen LogP contribution in [-0.4, -0.2) is 36.2 Å². The van der Waals surface area contributed by atoms with Gasteiger partial charge < -0.3 is 14.1 Å². The molecule has 0 bridgehead atoms. The highest BCUT2D eigenvalue weighted by molar-refractivity contribution is 6.45. The molecule has 4 nitrogen and oxygen atoms in total. The Morgan fingerprint density at radius 1 is 1.14 bits per heavy atom. The van der Waals surface area contributed by atoms with E-state index in [0.29, 0.717) is 0 Å². The first-order chi connectivity index (χ1) is 6.17. The van der Waals surface area contributed by atoms with Crippen LogP contribution in [0.2, 0.25) is 0 Å². The number of carbonyl (C=O) groups excluding carboxylic acids is 1. The molecule has 80 valence electrons. The number of hydrogen-bond acceptors (Lipinski definition) is 3. The highest BCUT2D eigenvalue weighted by Gasteiger charge is 2.54. The zero-order valence-corrected chi connectivity index (χ0v) is 9.75. The first kappa shape index (κ1) is 11.5. The highest BCUT2D eigenvalue weighted by Crippen LogP contribution is 2.37. The fourth-order valence-corrected chi connectivity index (χ4v) is 1.12. The summed E-state index contributed by atoms with van der Waals surface area (Å²) in [4.78, 5) is 12.6. The van der Waals surface area contributed by atoms with Crippen LogP contribution in [0.1, 0.15) is 34.6 Å². The lowest BCUT2D eigenvalue weighted by Crippen LogP contribution is -2.42. The van der Waals surface area contributed by atoms with E-state index in [4.69, 9.17) is 9.31 Å². The topological polar surface area (TPSA) is 38.8 Å². The van der Waals surface area contributed by atoms with Crippen LogP contribution in [0.5, 0.6) is 0 Å². The molecule has 1 rings (SSSR count). The van der Waals surface area contributed by atoms with Gasteiger partial charge in [-0.3, -0.25) is 4.79 Å². The maximum Gasteiger partial charge on any atom is 0.596 e. The van der Waals surface area contributed by atoms with Gasteiger partial charge in [0.25, 0.3) is 0 Å². The van der Waals surface area contributed by atoms with Crippen LogP contribution in [0.4, 0.5) is 0 Å². The van der Waals surface area contributed by atoms with E-state index in [-0.39, 0.29) is 17.1 Å². The predicted octanol–water partition coefficient (Wildman–Crippen LogP) is 1.05. The van der Waals surface area contributed by atoms with Crippen molar-refractivity contribution in [1.29, 1.82) is 0 Å². The summed E-state index contributed by atoms with van der Waals surface area (Å²) in [6, 6.07) is 0. The second-order valence-corrected chi connectivity index (χ2v) is 4.69. The van der Waals surface area contributed by atoms with Crippen LogP contribution in [0.3, 0.4) is 0 Å². The van der Waals surface area contributed by atoms with Crippen molar-refractivity contribution in [1.82, 2.24) is 4.81 Å². The molecule has 0 aromatic carbocycles. The standard InChI is InChI=1S/C9H18BNO3/c1-7(12)11(6)10-13-8(2,3)9(4,5)14-10/h1-6H3. The Kier molecular flexibility index (Phi) is 2.67. The third kappa shape index (κ3) is 1.79. The van der Waals surface area contributed by atoms with Crippen molar-refractivity contribution in [3.8, 4) is 0 Å². The van der Waals surface area contributed by atoms with Gasteiger partial charge >= 0.3 is 7.25 Å². The van der Waals surface area contributed by atoms with Crippen molar-refractivity contribution in [2.45, 2.75) is 45.8 Å². The van der Waals surface area contributed by atoms with Crippen LogP contribution in [0.25, 0.3) is 0 Å². The minimum Gasteiger partial charge on any atom is -0.384 e. The average molecular weight is 199 g/mol. The molecule has 1 fully saturated rings. The molecule has 1 saturated heterocycles. The van der Waals surface area contributed by atoms with Crippen LogP contribution in [-0.2, 0) is 14.1 Å². The summed E-state index contributed by atoms with van der Waals surface area (Å²) < 4.78 is 11.3. The van der Waals surface area contributed by atoms with Crippen molar-refractivity contribution in [2.24, 2.45) is 0 Å².